The summed E-state index contributed by atoms with van der Waals surface area (Å²) in [7, 11) is 2.27. The van der Waals surface area contributed by atoms with E-state index >= 15 is 0 Å². The van der Waals surface area contributed by atoms with Crippen molar-refractivity contribution >= 4 is 0 Å². The van der Waals surface area contributed by atoms with Crippen molar-refractivity contribution in [2.45, 2.75) is 57.5 Å². The van der Waals surface area contributed by atoms with E-state index < -0.39 is 0 Å². The number of hydrogen-bond acceptors (Lipinski definition) is 2. The van der Waals surface area contributed by atoms with Crippen molar-refractivity contribution in [3.8, 4) is 0 Å². The van der Waals surface area contributed by atoms with Crippen molar-refractivity contribution in [2.24, 2.45) is 5.92 Å². The Balaban J connectivity index is 1.64. The van der Waals surface area contributed by atoms with Gasteiger partial charge in [-0.1, -0.05) is 13.5 Å². The predicted molar refractivity (Wildman–Crippen MR) is 74.2 cm³/mol. The van der Waals surface area contributed by atoms with Gasteiger partial charge in [-0.3, -0.25) is 4.90 Å². The second-order valence-corrected chi connectivity index (χ2v) is 6.23. The molecule has 2 heteroatoms. The largest absolute Gasteiger partial charge is 0.310 e. The average molecular weight is 236 g/mol. The molecule has 0 aromatic heterocycles. The van der Waals surface area contributed by atoms with E-state index in [1.807, 2.05) is 0 Å². The highest BCUT2D eigenvalue weighted by Gasteiger charge is 2.23. The van der Waals surface area contributed by atoms with E-state index in [0.717, 1.165) is 31.1 Å². The summed E-state index contributed by atoms with van der Waals surface area (Å²) in [5.74, 6) is 0.944. The molecule has 17 heavy (non-hydrogen) atoms. The molecule has 2 saturated carbocycles. The van der Waals surface area contributed by atoms with Gasteiger partial charge < -0.3 is 5.32 Å². The minimum absolute atomic E-state index is 0.795. The van der Waals surface area contributed by atoms with Gasteiger partial charge in [0.1, 0.15) is 0 Å². The highest BCUT2D eigenvalue weighted by molar-refractivity contribution is 5.02. The summed E-state index contributed by atoms with van der Waals surface area (Å²) in [4.78, 5) is 2.52. The maximum absolute atomic E-state index is 4.20. The Morgan fingerprint density at radius 2 is 1.82 bits per heavy atom. The molecular weight excluding hydrogens is 208 g/mol. The van der Waals surface area contributed by atoms with E-state index in [1.54, 1.807) is 0 Å². The highest BCUT2D eigenvalue weighted by Crippen LogP contribution is 2.26. The molecule has 0 unspecified atom stereocenters. The summed E-state index contributed by atoms with van der Waals surface area (Å²) < 4.78 is 0. The molecule has 0 heterocycles. The van der Waals surface area contributed by atoms with Crippen molar-refractivity contribution in [1.82, 2.24) is 10.2 Å². The van der Waals surface area contributed by atoms with Crippen LogP contribution in [0.3, 0.4) is 0 Å². The first-order valence-electron chi connectivity index (χ1n) is 7.25. The van der Waals surface area contributed by atoms with Gasteiger partial charge >= 0.3 is 0 Å². The van der Waals surface area contributed by atoms with Crippen molar-refractivity contribution < 1.29 is 0 Å². The van der Waals surface area contributed by atoms with Crippen LogP contribution in [0.4, 0.5) is 0 Å². The summed E-state index contributed by atoms with van der Waals surface area (Å²) in [6, 6.07) is 1.59. The lowest BCUT2D eigenvalue weighted by Gasteiger charge is -2.34. The molecule has 2 nitrogen and oxygen atoms in total. The van der Waals surface area contributed by atoms with Crippen LogP contribution in [0.2, 0.25) is 0 Å². The number of rotatable bonds is 6. The third-order valence-corrected chi connectivity index (χ3v) is 4.30. The molecule has 2 aliphatic carbocycles. The first kappa shape index (κ1) is 13.1. The summed E-state index contributed by atoms with van der Waals surface area (Å²) in [5.41, 5.74) is 1.35. The zero-order valence-electron chi connectivity index (χ0n) is 11.5. The second-order valence-electron chi connectivity index (χ2n) is 6.23. The molecule has 1 N–H and O–H groups in total. The van der Waals surface area contributed by atoms with Crippen molar-refractivity contribution in [3.05, 3.63) is 12.2 Å². The maximum atomic E-state index is 4.20. The Morgan fingerprint density at radius 3 is 2.41 bits per heavy atom. The van der Waals surface area contributed by atoms with E-state index in [-0.39, 0.29) is 0 Å². The molecular formula is C15H28N2. The number of likely N-dealkylation sites (N-methyl/N-ethyl adjacent to an activating group) is 1. The van der Waals surface area contributed by atoms with Crippen molar-refractivity contribution in [2.75, 3.05) is 20.1 Å². The average Bonchev–Trinajstić information content (AvgIpc) is 3.11. The fraction of sp³-hybridized carbons (Fsp3) is 0.867. The highest BCUT2D eigenvalue weighted by atomic mass is 15.1. The van der Waals surface area contributed by atoms with Gasteiger partial charge in [-0.2, -0.15) is 0 Å². The van der Waals surface area contributed by atoms with E-state index in [2.05, 4.69) is 30.8 Å². The molecule has 0 bridgehead atoms. The Hall–Kier alpha value is -0.340. The molecule has 0 saturated heterocycles. The van der Waals surface area contributed by atoms with E-state index in [4.69, 9.17) is 0 Å². The number of nitrogens with one attached hydrogen (secondary N) is 1. The molecule has 0 radical (unpaired) electrons. The Kier molecular flexibility index (Phi) is 4.63. The molecule has 98 valence electrons. The molecule has 2 rings (SSSR count). The number of nitrogens with zero attached hydrogens (tertiary/aromatic N) is 1. The van der Waals surface area contributed by atoms with Gasteiger partial charge in [0.2, 0.25) is 0 Å². The predicted octanol–water partition coefficient (Wildman–Crippen LogP) is 2.81. The standard InChI is InChI=1S/C15H28N2/c1-12-4-8-15(9-5-12)17(3)11-13(2)10-16-14-6-7-14/h12,14-16H,2,4-11H2,1,3H3. The molecule has 0 aromatic carbocycles. The fourth-order valence-corrected chi connectivity index (χ4v) is 2.80. The van der Waals surface area contributed by atoms with Crippen LogP contribution >= 0.6 is 0 Å². The van der Waals surface area contributed by atoms with Crippen LogP contribution in [0.15, 0.2) is 12.2 Å². The number of hydrogen-bond donors (Lipinski definition) is 1. The van der Waals surface area contributed by atoms with Crippen LogP contribution in [-0.4, -0.2) is 37.1 Å². The minimum atomic E-state index is 0.795. The van der Waals surface area contributed by atoms with Crippen LogP contribution in [0.5, 0.6) is 0 Å². The fourth-order valence-electron chi connectivity index (χ4n) is 2.80. The van der Waals surface area contributed by atoms with Crippen LogP contribution in [-0.2, 0) is 0 Å². The third kappa shape index (κ3) is 4.44. The minimum Gasteiger partial charge on any atom is -0.310 e. The maximum Gasteiger partial charge on any atom is 0.0202 e. The van der Waals surface area contributed by atoms with Crippen LogP contribution in [0.1, 0.15) is 45.4 Å². The Morgan fingerprint density at radius 1 is 1.18 bits per heavy atom. The zero-order chi connectivity index (χ0) is 12.3. The first-order chi connectivity index (χ1) is 8.15. The van der Waals surface area contributed by atoms with Gasteiger partial charge in [-0.05, 0) is 57.1 Å². The van der Waals surface area contributed by atoms with E-state index in [0.29, 0.717) is 0 Å². The summed E-state index contributed by atoms with van der Waals surface area (Å²) in [5, 5.41) is 3.55. The molecule has 0 aromatic rings. The Bertz CT molecular complexity index is 250. The van der Waals surface area contributed by atoms with Crippen LogP contribution < -0.4 is 5.32 Å². The SMILES string of the molecule is C=C(CNC1CC1)CN(C)C1CCC(C)CC1. The molecule has 0 amide bonds. The Labute approximate surface area is 106 Å². The van der Waals surface area contributed by atoms with E-state index in [9.17, 15) is 0 Å². The van der Waals surface area contributed by atoms with Crippen LogP contribution in [0, 0.1) is 5.92 Å². The summed E-state index contributed by atoms with van der Waals surface area (Å²) in [6.45, 7) is 8.66. The molecule has 2 fully saturated rings. The van der Waals surface area contributed by atoms with Crippen molar-refractivity contribution in [3.63, 3.8) is 0 Å². The second kappa shape index (κ2) is 6.01. The van der Waals surface area contributed by atoms with Gasteiger partial charge in [0.15, 0.2) is 0 Å². The molecule has 0 aliphatic heterocycles. The summed E-state index contributed by atoms with van der Waals surface area (Å²) in [6.07, 6.45) is 8.29. The van der Waals surface area contributed by atoms with Crippen LogP contribution in [0.25, 0.3) is 0 Å². The summed E-state index contributed by atoms with van der Waals surface area (Å²) >= 11 is 0. The van der Waals surface area contributed by atoms with Gasteiger partial charge in [-0.15, -0.1) is 0 Å². The van der Waals surface area contributed by atoms with Gasteiger partial charge in [0.05, 0.1) is 0 Å². The smallest absolute Gasteiger partial charge is 0.0202 e. The molecule has 0 atom stereocenters. The lowest BCUT2D eigenvalue weighted by molar-refractivity contribution is 0.181. The topological polar surface area (TPSA) is 15.3 Å². The normalized spacial score (nSPS) is 29.6. The van der Waals surface area contributed by atoms with Gasteiger partial charge in [0.25, 0.3) is 0 Å². The molecule has 2 aliphatic rings. The van der Waals surface area contributed by atoms with Gasteiger partial charge in [-0.25, -0.2) is 0 Å². The monoisotopic (exact) mass is 236 g/mol. The first-order valence-corrected chi connectivity index (χ1v) is 7.25. The van der Waals surface area contributed by atoms with Gasteiger partial charge in [0, 0.05) is 25.2 Å². The third-order valence-electron chi connectivity index (χ3n) is 4.30. The lowest BCUT2D eigenvalue weighted by Crippen LogP contribution is -2.37. The van der Waals surface area contributed by atoms with Crippen molar-refractivity contribution in [1.29, 1.82) is 0 Å². The zero-order valence-corrected chi connectivity index (χ0v) is 11.5. The van der Waals surface area contributed by atoms with E-state index in [1.165, 1.54) is 44.1 Å². The lowest BCUT2D eigenvalue weighted by atomic mass is 9.86. The molecule has 0 spiro atoms. The quantitative estimate of drug-likeness (QED) is 0.713.